The van der Waals surface area contributed by atoms with Gasteiger partial charge >= 0.3 is 0 Å². The molecule has 23 heavy (non-hydrogen) atoms. The van der Waals surface area contributed by atoms with Crippen molar-refractivity contribution in [2.24, 2.45) is 10.2 Å². The van der Waals surface area contributed by atoms with Crippen LogP contribution in [0, 0.1) is 10.1 Å². The van der Waals surface area contributed by atoms with Crippen molar-refractivity contribution in [2.75, 3.05) is 0 Å². The van der Waals surface area contributed by atoms with Crippen molar-refractivity contribution in [3.8, 4) is 5.75 Å². The van der Waals surface area contributed by atoms with Gasteiger partial charge < -0.3 is 20.3 Å². The van der Waals surface area contributed by atoms with E-state index in [0.29, 0.717) is 0 Å². The first-order chi connectivity index (χ1) is 10.9. The summed E-state index contributed by atoms with van der Waals surface area (Å²) in [6.45, 7) is 0. The quantitative estimate of drug-likeness (QED) is 0.398. The molecular weight excluding hydrogens is 328 g/mol. The molecule has 2 rings (SSSR count). The van der Waals surface area contributed by atoms with E-state index in [2.05, 4.69) is 15.5 Å². The lowest BCUT2D eigenvalue weighted by Gasteiger charge is -2.08. The van der Waals surface area contributed by atoms with Crippen LogP contribution in [-0.4, -0.2) is 33.4 Å². The molecule has 0 unspecified atom stereocenters. The number of nitrogens with zero attached hydrogens (tertiary/aromatic N) is 3. The molecule has 1 aromatic carbocycles. The monoisotopic (exact) mass is 336 g/mol. The zero-order chi connectivity index (χ0) is 17.0. The first kappa shape index (κ1) is 16.4. The molecular formula is C12H8N4O6S-2. The maximum atomic E-state index is 11.7. The average Bonchev–Trinajstić information content (AvgIpc) is 2.80. The summed E-state index contributed by atoms with van der Waals surface area (Å²) < 4.78 is 0. The first-order valence-electron chi connectivity index (χ1n) is 6.11. The number of carbonyl (C=O) groups excluding carboxylic acids is 2. The Bertz CT molecular complexity index is 732. The lowest BCUT2D eigenvalue weighted by Crippen LogP contribution is -2.31. The Morgan fingerprint density at radius 1 is 1.48 bits per heavy atom. The van der Waals surface area contributed by atoms with Gasteiger partial charge in [0.15, 0.2) is 5.17 Å². The van der Waals surface area contributed by atoms with Gasteiger partial charge in [0.1, 0.15) is 0 Å². The number of amides is 1. The standard InChI is InChI=1S/C12H10N4O6S/c17-9(18)4-8-11(20)14-12(23-8)15-13-5-6-2-1-3-7(10(6)19)16(21)22/h1-3,5,8,19H,4H2,(H,17,18)(H,14,15,20)/p-2/b13-5-/t8-/m0/s1. The van der Waals surface area contributed by atoms with Gasteiger partial charge in [0, 0.05) is 18.5 Å². The van der Waals surface area contributed by atoms with Gasteiger partial charge in [-0.2, -0.15) is 5.10 Å². The third kappa shape index (κ3) is 4.03. The normalized spacial score (nSPS) is 19.2. The molecule has 0 spiro atoms. The van der Waals surface area contributed by atoms with Crippen LogP contribution in [0.2, 0.25) is 0 Å². The molecule has 1 aliphatic heterocycles. The Kier molecular flexibility index (Phi) is 4.91. The molecule has 1 fully saturated rings. The van der Waals surface area contributed by atoms with Gasteiger partial charge in [-0.15, -0.1) is 5.10 Å². The molecule has 0 radical (unpaired) electrons. The molecule has 1 saturated heterocycles. The fourth-order valence-corrected chi connectivity index (χ4v) is 2.58. The predicted molar refractivity (Wildman–Crippen MR) is 76.7 cm³/mol. The fourth-order valence-electron chi connectivity index (χ4n) is 1.67. The van der Waals surface area contributed by atoms with Gasteiger partial charge in [-0.1, -0.05) is 23.9 Å². The van der Waals surface area contributed by atoms with E-state index in [-0.39, 0.29) is 10.7 Å². The van der Waals surface area contributed by atoms with Crippen LogP contribution in [-0.2, 0) is 9.59 Å². The van der Waals surface area contributed by atoms with Crippen LogP contribution in [0.25, 0.3) is 0 Å². The predicted octanol–water partition coefficient (Wildman–Crippen LogP) is -1.27. The molecule has 1 amide bonds. The maximum Gasteiger partial charge on any atom is 0.262 e. The number of nitro benzene ring substituents is 1. The number of para-hydroxylation sites is 1. The number of hydrogen-bond acceptors (Lipinski definition) is 9. The van der Waals surface area contributed by atoms with E-state index >= 15 is 0 Å². The number of aliphatic carboxylic acids is 1. The Morgan fingerprint density at radius 3 is 2.87 bits per heavy atom. The van der Waals surface area contributed by atoms with Crippen LogP contribution in [0.3, 0.4) is 0 Å². The summed E-state index contributed by atoms with van der Waals surface area (Å²) >= 11 is 0.863. The summed E-state index contributed by atoms with van der Waals surface area (Å²) in [5.41, 5.74) is -0.622. The van der Waals surface area contributed by atoms with Crippen LogP contribution in [0.5, 0.6) is 5.75 Å². The number of benzene rings is 1. The summed E-state index contributed by atoms with van der Waals surface area (Å²) in [5.74, 6) is -2.71. The van der Waals surface area contributed by atoms with E-state index < -0.39 is 39.9 Å². The van der Waals surface area contributed by atoms with Crippen molar-refractivity contribution >= 4 is 40.7 Å². The zero-order valence-electron chi connectivity index (χ0n) is 11.3. The number of carboxylic acid groups (broad SMARTS) is 1. The van der Waals surface area contributed by atoms with E-state index in [0.717, 1.165) is 24.0 Å². The van der Waals surface area contributed by atoms with Crippen LogP contribution in [0.15, 0.2) is 28.4 Å². The molecule has 0 aliphatic carbocycles. The minimum absolute atomic E-state index is 0.0378. The molecule has 11 heteroatoms. The topological polar surface area (TPSA) is 160 Å². The maximum absolute atomic E-state index is 11.7. The summed E-state index contributed by atoms with van der Waals surface area (Å²) in [7, 11) is 0. The number of thioether (sulfide) groups is 1. The van der Waals surface area contributed by atoms with Crippen LogP contribution in [0.1, 0.15) is 12.0 Å². The fraction of sp³-hybridized carbons (Fsp3) is 0.167. The van der Waals surface area contributed by atoms with E-state index in [1.54, 1.807) is 0 Å². The van der Waals surface area contributed by atoms with Crippen LogP contribution >= 0.6 is 11.8 Å². The summed E-state index contributed by atoms with van der Waals surface area (Å²) in [6.07, 6.45) is 0.552. The van der Waals surface area contributed by atoms with Crippen molar-refractivity contribution in [2.45, 2.75) is 11.7 Å². The highest BCUT2D eigenvalue weighted by Crippen LogP contribution is 2.25. The Labute approximate surface area is 133 Å². The molecule has 0 aromatic heterocycles. The molecule has 0 bridgehead atoms. The third-order valence-electron chi connectivity index (χ3n) is 2.70. The highest BCUT2D eigenvalue weighted by molar-refractivity contribution is 8.15. The SMILES string of the molecule is O=C([O-])C[C@@H]1S/C(=N\N=C/c2cccc([N+](=O)[O-])c2[O-])NC1=O. The second-order valence-corrected chi connectivity index (χ2v) is 5.47. The van der Waals surface area contributed by atoms with E-state index in [9.17, 15) is 29.9 Å². The number of carbonyl (C=O) groups is 2. The molecule has 0 saturated carbocycles. The molecule has 1 aromatic rings. The smallest absolute Gasteiger partial charge is 0.262 e. The number of nitrogens with one attached hydrogen (secondary N) is 1. The number of nitro groups is 1. The van der Waals surface area contributed by atoms with Crippen molar-refractivity contribution in [3.05, 3.63) is 33.9 Å². The highest BCUT2D eigenvalue weighted by Gasteiger charge is 2.30. The van der Waals surface area contributed by atoms with Gasteiger partial charge in [-0.25, -0.2) is 0 Å². The number of rotatable bonds is 5. The second kappa shape index (κ2) is 6.87. The second-order valence-electron chi connectivity index (χ2n) is 4.27. The largest absolute Gasteiger partial charge is 0.867 e. The number of carboxylic acids is 1. The van der Waals surface area contributed by atoms with Crippen molar-refractivity contribution < 1.29 is 24.7 Å². The molecule has 1 aliphatic rings. The highest BCUT2D eigenvalue weighted by atomic mass is 32.2. The molecule has 1 N–H and O–H groups in total. The van der Waals surface area contributed by atoms with Crippen molar-refractivity contribution in [1.82, 2.24) is 5.32 Å². The first-order valence-corrected chi connectivity index (χ1v) is 6.99. The van der Waals surface area contributed by atoms with E-state index in [1.165, 1.54) is 12.1 Å². The Balaban J connectivity index is 2.10. The minimum atomic E-state index is -1.37. The number of hydrogen-bond donors (Lipinski definition) is 1. The van der Waals surface area contributed by atoms with Crippen molar-refractivity contribution in [3.63, 3.8) is 0 Å². The van der Waals surface area contributed by atoms with Crippen molar-refractivity contribution in [1.29, 1.82) is 0 Å². The van der Waals surface area contributed by atoms with Gasteiger partial charge in [0.25, 0.3) is 5.69 Å². The summed E-state index contributed by atoms with van der Waals surface area (Å²) in [5, 5.41) is 41.6. The Morgan fingerprint density at radius 2 is 2.22 bits per heavy atom. The molecule has 120 valence electrons. The average molecular weight is 336 g/mol. The third-order valence-corrected chi connectivity index (χ3v) is 3.77. The minimum Gasteiger partial charge on any atom is -0.867 e. The zero-order valence-corrected chi connectivity index (χ0v) is 12.1. The molecule has 1 heterocycles. The van der Waals surface area contributed by atoms with Gasteiger partial charge in [0.2, 0.25) is 5.91 Å². The van der Waals surface area contributed by atoms with Crippen LogP contribution < -0.4 is 15.5 Å². The Hall–Kier alpha value is -2.95. The number of amidine groups is 1. The summed E-state index contributed by atoms with van der Waals surface area (Å²) in [6, 6.07) is 3.73. The molecule has 1 atom stereocenters. The van der Waals surface area contributed by atoms with Gasteiger partial charge in [-0.3, -0.25) is 14.9 Å². The van der Waals surface area contributed by atoms with Gasteiger partial charge in [0.05, 0.1) is 16.4 Å². The molecule has 10 nitrogen and oxygen atoms in total. The van der Waals surface area contributed by atoms with E-state index in [1.807, 2.05) is 0 Å². The lowest BCUT2D eigenvalue weighted by atomic mass is 10.2. The van der Waals surface area contributed by atoms with Gasteiger partial charge in [-0.05, 0) is 11.3 Å². The van der Waals surface area contributed by atoms with E-state index in [4.69, 9.17) is 0 Å². The van der Waals surface area contributed by atoms with Crippen LogP contribution in [0.4, 0.5) is 5.69 Å². The summed E-state index contributed by atoms with van der Waals surface area (Å²) in [4.78, 5) is 31.8. The lowest BCUT2D eigenvalue weighted by molar-refractivity contribution is -0.398.